The Hall–Kier alpha value is -0.690. The fourth-order valence-electron chi connectivity index (χ4n) is 1.15. The minimum atomic E-state index is -1.39. The summed E-state index contributed by atoms with van der Waals surface area (Å²) < 4.78 is 4.77. The van der Waals surface area contributed by atoms with E-state index in [1.54, 1.807) is 0 Å². The van der Waals surface area contributed by atoms with E-state index in [1.165, 1.54) is 0 Å². The molecule has 1 aliphatic rings. The molecule has 1 fully saturated rings. The zero-order valence-electron chi connectivity index (χ0n) is 6.25. The molecule has 5 N–H and O–H groups in total. The zero-order chi connectivity index (χ0) is 9.30. The Labute approximate surface area is 68.6 Å². The average Bonchev–Trinajstić information content (AvgIpc) is 2.30. The van der Waals surface area contributed by atoms with E-state index >= 15 is 0 Å². The highest BCUT2D eigenvalue weighted by atomic mass is 16.6. The van der Waals surface area contributed by atoms with Gasteiger partial charge in [-0.15, -0.1) is 0 Å². The van der Waals surface area contributed by atoms with E-state index in [2.05, 4.69) is 0 Å². The third-order valence-corrected chi connectivity index (χ3v) is 1.84. The van der Waals surface area contributed by atoms with Crippen molar-refractivity contribution in [2.45, 2.75) is 24.4 Å². The van der Waals surface area contributed by atoms with Crippen molar-refractivity contribution in [2.75, 3.05) is 6.54 Å². The second kappa shape index (κ2) is 3.36. The lowest BCUT2D eigenvalue weighted by atomic mass is 10.1. The molecule has 0 aromatic carbocycles. The first kappa shape index (κ1) is 9.40. The number of carboxylic acid groups (broad SMARTS) is 1. The number of carboxylic acids is 1. The van der Waals surface area contributed by atoms with E-state index < -0.39 is 30.4 Å². The Morgan fingerprint density at radius 3 is 2.25 bits per heavy atom. The molecule has 0 radical (unpaired) electrons. The summed E-state index contributed by atoms with van der Waals surface area (Å²) in [5.41, 5.74) is 5.16. The Morgan fingerprint density at radius 1 is 1.42 bits per heavy atom. The number of aliphatic hydroxyl groups excluding tert-OH is 2. The largest absolute Gasteiger partial charge is 0.479 e. The number of rotatable bonds is 2. The van der Waals surface area contributed by atoms with Crippen molar-refractivity contribution in [2.24, 2.45) is 5.73 Å². The quantitative estimate of drug-likeness (QED) is 0.371. The van der Waals surface area contributed by atoms with Gasteiger partial charge in [0.25, 0.3) is 0 Å². The summed E-state index contributed by atoms with van der Waals surface area (Å²) in [6.07, 6.45) is -4.76. The molecule has 0 aromatic heterocycles. The van der Waals surface area contributed by atoms with Gasteiger partial charge in [-0.2, -0.15) is 0 Å². The van der Waals surface area contributed by atoms with Crippen molar-refractivity contribution in [3.8, 4) is 0 Å². The maximum atomic E-state index is 10.4. The van der Waals surface area contributed by atoms with Gasteiger partial charge in [-0.3, -0.25) is 0 Å². The SMILES string of the molecule is NC[C@H]1O[C@@H](C(=O)O)[C@H](O)[C@@H]1O. The summed E-state index contributed by atoms with van der Waals surface area (Å²) >= 11 is 0. The van der Waals surface area contributed by atoms with Gasteiger partial charge in [0.05, 0.1) is 6.10 Å². The van der Waals surface area contributed by atoms with Gasteiger partial charge in [-0.1, -0.05) is 0 Å². The average molecular weight is 177 g/mol. The second-order valence-electron chi connectivity index (χ2n) is 2.65. The molecular weight excluding hydrogens is 166 g/mol. The summed E-state index contributed by atoms with van der Waals surface area (Å²) in [4.78, 5) is 10.4. The van der Waals surface area contributed by atoms with Crippen LogP contribution in [-0.4, -0.2) is 52.2 Å². The first-order valence-electron chi connectivity index (χ1n) is 3.52. The van der Waals surface area contributed by atoms with E-state index in [4.69, 9.17) is 25.8 Å². The Bertz CT molecular complexity index is 185. The van der Waals surface area contributed by atoms with Gasteiger partial charge in [0.15, 0.2) is 6.10 Å². The Balaban J connectivity index is 2.66. The maximum Gasteiger partial charge on any atom is 0.335 e. The number of hydrogen-bond donors (Lipinski definition) is 4. The highest BCUT2D eigenvalue weighted by Crippen LogP contribution is 2.20. The standard InChI is InChI=1S/C6H11NO5/c7-1-2-3(8)4(9)5(12-2)6(10)11/h2-5,8-9H,1,7H2,(H,10,11)/t2-,3-,4-,5-/m1/s1. The van der Waals surface area contributed by atoms with Gasteiger partial charge in [-0.25, -0.2) is 4.79 Å². The number of ether oxygens (including phenoxy) is 1. The number of carbonyl (C=O) groups is 1. The van der Waals surface area contributed by atoms with Crippen LogP contribution in [0.3, 0.4) is 0 Å². The fourth-order valence-corrected chi connectivity index (χ4v) is 1.15. The first-order valence-corrected chi connectivity index (χ1v) is 3.52. The minimum Gasteiger partial charge on any atom is -0.479 e. The second-order valence-corrected chi connectivity index (χ2v) is 2.65. The number of hydrogen-bond acceptors (Lipinski definition) is 5. The van der Waals surface area contributed by atoms with Gasteiger partial charge < -0.3 is 25.8 Å². The van der Waals surface area contributed by atoms with E-state index in [1.807, 2.05) is 0 Å². The highest BCUT2D eigenvalue weighted by molar-refractivity contribution is 5.73. The first-order chi connectivity index (χ1) is 5.57. The topological polar surface area (TPSA) is 113 Å². The van der Waals surface area contributed by atoms with E-state index in [-0.39, 0.29) is 6.54 Å². The normalized spacial score (nSPS) is 41.6. The molecule has 0 amide bonds. The van der Waals surface area contributed by atoms with Crippen LogP contribution in [0.25, 0.3) is 0 Å². The predicted octanol–water partition coefficient (Wildman–Crippen LogP) is -2.48. The molecule has 1 heterocycles. The summed E-state index contributed by atoms with van der Waals surface area (Å²) in [6, 6.07) is 0. The molecule has 6 heteroatoms. The zero-order valence-corrected chi connectivity index (χ0v) is 6.25. The third-order valence-electron chi connectivity index (χ3n) is 1.84. The Kier molecular flexibility index (Phi) is 2.63. The molecule has 0 bridgehead atoms. The van der Waals surface area contributed by atoms with Crippen molar-refractivity contribution in [1.29, 1.82) is 0 Å². The molecule has 1 aliphatic heterocycles. The van der Waals surface area contributed by atoms with Crippen molar-refractivity contribution in [1.82, 2.24) is 0 Å². The lowest BCUT2D eigenvalue weighted by molar-refractivity contribution is -0.153. The van der Waals surface area contributed by atoms with Gasteiger partial charge in [0.1, 0.15) is 12.2 Å². The van der Waals surface area contributed by atoms with Gasteiger partial charge in [-0.05, 0) is 0 Å². The molecule has 0 saturated carbocycles. The van der Waals surface area contributed by atoms with Crippen LogP contribution in [0.4, 0.5) is 0 Å². The summed E-state index contributed by atoms with van der Waals surface area (Å²) in [5.74, 6) is -1.29. The molecule has 0 aliphatic carbocycles. The highest BCUT2D eigenvalue weighted by Gasteiger charge is 2.45. The number of aliphatic carboxylic acids is 1. The molecular formula is C6H11NO5. The van der Waals surface area contributed by atoms with E-state index in [0.717, 1.165) is 0 Å². The van der Waals surface area contributed by atoms with Gasteiger partial charge in [0, 0.05) is 6.54 Å². The molecule has 1 saturated heterocycles. The fraction of sp³-hybridized carbons (Fsp3) is 0.833. The molecule has 70 valence electrons. The molecule has 0 unspecified atom stereocenters. The van der Waals surface area contributed by atoms with Crippen LogP contribution in [0.1, 0.15) is 0 Å². The summed E-state index contributed by atoms with van der Waals surface area (Å²) in [6.45, 7) is -0.0119. The van der Waals surface area contributed by atoms with Crippen molar-refractivity contribution < 1.29 is 24.9 Å². The lowest BCUT2D eigenvalue weighted by Gasteiger charge is -2.10. The molecule has 4 atom stereocenters. The lowest BCUT2D eigenvalue weighted by Crippen LogP contribution is -2.37. The van der Waals surface area contributed by atoms with Crippen LogP contribution in [0.15, 0.2) is 0 Å². The van der Waals surface area contributed by atoms with Crippen LogP contribution in [0.5, 0.6) is 0 Å². The molecule has 12 heavy (non-hydrogen) atoms. The summed E-state index contributed by atoms with van der Waals surface area (Å²) in [5, 5.41) is 26.8. The molecule has 0 aromatic rings. The van der Waals surface area contributed by atoms with E-state index in [0.29, 0.717) is 0 Å². The van der Waals surface area contributed by atoms with Crippen molar-refractivity contribution in [3.05, 3.63) is 0 Å². The molecule has 1 rings (SSSR count). The van der Waals surface area contributed by atoms with Gasteiger partial charge >= 0.3 is 5.97 Å². The summed E-state index contributed by atoms with van der Waals surface area (Å²) in [7, 11) is 0. The smallest absolute Gasteiger partial charge is 0.335 e. The van der Waals surface area contributed by atoms with E-state index in [9.17, 15) is 4.79 Å². The van der Waals surface area contributed by atoms with Crippen molar-refractivity contribution in [3.63, 3.8) is 0 Å². The van der Waals surface area contributed by atoms with Crippen LogP contribution in [-0.2, 0) is 9.53 Å². The van der Waals surface area contributed by atoms with Crippen LogP contribution in [0.2, 0.25) is 0 Å². The predicted molar refractivity (Wildman–Crippen MR) is 37.4 cm³/mol. The minimum absolute atomic E-state index is 0.0119. The maximum absolute atomic E-state index is 10.4. The van der Waals surface area contributed by atoms with Crippen molar-refractivity contribution >= 4 is 5.97 Å². The molecule has 6 nitrogen and oxygen atoms in total. The van der Waals surface area contributed by atoms with Gasteiger partial charge in [0.2, 0.25) is 0 Å². The third kappa shape index (κ3) is 1.42. The Morgan fingerprint density at radius 2 is 2.00 bits per heavy atom. The number of nitrogens with two attached hydrogens (primary N) is 1. The van der Waals surface area contributed by atoms with Crippen LogP contribution in [0, 0.1) is 0 Å². The van der Waals surface area contributed by atoms with Crippen LogP contribution >= 0.6 is 0 Å². The number of aliphatic hydroxyl groups is 2. The van der Waals surface area contributed by atoms with Crippen LogP contribution < -0.4 is 5.73 Å². The molecule has 0 spiro atoms. The monoisotopic (exact) mass is 177 g/mol.